The van der Waals surface area contributed by atoms with Crippen molar-refractivity contribution in [3.05, 3.63) is 21.9 Å². The second kappa shape index (κ2) is 5.49. The van der Waals surface area contributed by atoms with E-state index in [1.165, 1.54) is 12.1 Å². The molecule has 100 valence electrons. The molecule has 0 radical (unpaired) electrons. The van der Waals surface area contributed by atoms with Crippen molar-refractivity contribution >= 4 is 23.2 Å². The maximum Gasteiger partial charge on any atom is 0.345 e. The molecule has 0 unspecified atom stereocenters. The Morgan fingerprint density at radius 1 is 1.33 bits per heavy atom. The molecule has 0 spiro atoms. The molecule has 1 amide bonds. The molecule has 0 saturated heterocycles. The molecule has 1 aromatic heterocycles. The number of carbonyl (C=O) groups excluding carboxylic acids is 1. The average Bonchev–Trinajstić information content (AvgIpc) is 2.75. The zero-order valence-electron chi connectivity index (χ0n) is 11.0. The second-order valence-electron chi connectivity index (χ2n) is 4.86. The predicted octanol–water partition coefficient (Wildman–Crippen LogP) is 1.52. The molecule has 0 fully saturated rings. The first-order valence-corrected chi connectivity index (χ1v) is 6.34. The Bertz CT molecular complexity index is 452. The smallest absolute Gasteiger partial charge is 0.345 e. The zero-order chi connectivity index (χ0) is 13.9. The third-order valence-electron chi connectivity index (χ3n) is 2.93. The number of nitrogens with zero attached hydrogens (tertiary/aromatic N) is 1. The molecule has 18 heavy (non-hydrogen) atoms. The molecule has 0 aromatic carbocycles. The fraction of sp³-hybridized carbons (Fsp3) is 0.500. The minimum Gasteiger partial charge on any atom is -0.477 e. The van der Waals surface area contributed by atoms with Crippen LogP contribution in [0.2, 0.25) is 0 Å². The molecule has 0 atom stereocenters. The average molecular weight is 270 g/mol. The molecular formula is C12H18N2O3S. The number of carbonyl (C=O) groups is 2. The Balaban J connectivity index is 2.63. The van der Waals surface area contributed by atoms with Crippen LogP contribution >= 0.6 is 11.3 Å². The van der Waals surface area contributed by atoms with Gasteiger partial charge in [0.1, 0.15) is 4.88 Å². The minimum absolute atomic E-state index is 0.150. The largest absolute Gasteiger partial charge is 0.477 e. The molecule has 5 nitrogen and oxygen atoms in total. The normalized spacial score (nSPS) is 11.6. The topological polar surface area (TPSA) is 69.6 Å². The molecule has 0 aliphatic carbocycles. The van der Waals surface area contributed by atoms with E-state index in [2.05, 4.69) is 5.32 Å². The third kappa shape index (κ3) is 3.54. The molecule has 0 saturated carbocycles. The number of nitrogens with one attached hydrogen (secondary N) is 1. The molecule has 1 rings (SSSR count). The summed E-state index contributed by atoms with van der Waals surface area (Å²) in [7, 11) is 3.89. The lowest BCUT2D eigenvalue weighted by Crippen LogP contribution is -2.48. The van der Waals surface area contributed by atoms with Crippen molar-refractivity contribution < 1.29 is 14.7 Å². The van der Waals surface area contributed by atoms with Crippen LogP contribution in [-0.2, 0) is 0 Å². The highest BCUT2D eigenvalue weighted by Gasteiger charge is 2.22. The van der Waals surface area contributed by atoms with Crippen molar-refractivity contribution in [1.82, 2.24) is 10.2 Å². The van der Waals surface area contributed by atoms with Gasteiger partial charge in [0.05, 0.1) is 4.88 Å². The van der Waals surface area contributed by atoms with Gasteiger partial charge in [-0.05, 0) is 40.1 Å². The molecule has 6 heteroatoms. The van der Waals surface area contributed by atoms with Crippen molar-refractivity contribution in [2.24, 2.45) is 0 Å². The van der Waals surface area contributed by atoms with Crippen LogP contribution < -0.4 is 5.32 Å². The van der Waals surface area contributed by atoms with E-state index in [0.29, 0.717) is 11.4 Å². The highest BCUT2D eigenvalue weighted by molar-refractivity contribution is 7.15. The van der Waals surface area contributed by atoms with E-state index >= 15 is 0 Å². The molecular weight excluding hydrogens is 252 g/mol. The summed E-state index contributed by atoms with van der Waals surface area (Å²) in [5.41, 5.74) is -0.150. The number of carboxylic acid groups (broad SMARTS) is 1. The second-order valence-corrected chi connectivity index (χ2v) is 5.94. The SMILES string of the molecule is CN(C)C(C)(C)CNC(=O)c1ccc(C(=O)O)s1. The van der Waals surface area contributed by atoms with Crippen molar-refractivity contribution in [3.63, 3.8) is 0 Å². The monoisotopic (exact) mass is 270 g/mol. The predicted molar refractivity (Wildman–Crippen MR) is 71.4 cm³/mol. The van der Waals surface area contributed by atoms with E-state index < -0.39 is 5.97 Å². The van der Waals surface area contributed by atoms with Crippen molar-refractivity contribution in [2.45, 2.75) is 19.4 Å². The third-order valence-corrected chi connectivity index (χ3v) is 4.00. The van der Waals surface area contributed by atoms with Crippen LogP contribution in [0.1, 0.15) is 33.2 Å². The lowest BCUT2D eigenvalue weighted by molar-refractivity contribution is 0.0702. The lowest BCUT2D eigenvalue weighted by atomic mass is 10.0. The van der Waals surface area contributed by atoms with Gasteiger partial charge < -0.3 is 15.3 Å². The van der Waals surface area contributed by atoms with E-state index in [1.54, 1.807) is 0 Å². The Morgan fingerprint density at radius 2 is 1.89 bits per heavy atom. The van der Waals surface area contributed by atoms with Gasteiger partial charge in [-0.1, -0.05) is 0 Å². The Hall–Kier alpha value is -1.40. The quantitative estimate of drug-likeness (QED) is 0.851. The number of hydrogen-bond acceptors (Lipinski definition) is 4. The van der Waals surface area contributed by atoms with Gasteiger partial charge in [0.15, 0.2) is 0 Å². The van der Waals surface area contributed by atoms with Crippen LogP contribution in [0, 0.1) is 0 Å². The summed E-state index contributed by atoms with van der Waals surface area (Å²) < 4.78 is 0. The number of carboxylic acids is 1. The fourth-order valence-corrected chi connectivity index (χ4v) is 1.88. The minimum atomic E-state index is -1.01. The first-order valence-electron chi connectivity index (χ1n) is 5.53. The maximum absolute atomic E-state index is 11.8. The van der Waals surface area contributed by atoms with E-state index in [9.17, 15) is 9.59 Å². The highest BCUT2D eigenvalue weighted by Crippen LogP contribution is 2.16. The van der Waals surface area contributed by atoms with E-state index in [-0.39, 0.29) is 16.3 Å². The number of rotatable bonds is 5. The molecule has 0 bridgehead atoms. The van der Waals surface area contributed by atoms with Gasteiger partial charge in [-0.25, -0.2) is 4.79 Å². The molecule has 0 aliphatic rings. The van der Waals surface area contributed by atoms with Crippen LogP contribution in [0.4, 0.5) is 0 Å². The van der Waals surface area contributed by atoms with Crippen molar-refractivity contribution in [3.8, 4) is 0 Å². The maximum atomic E-state index is 11.8. The molecule has 1 aromatic rings. The highest BCUT2D eigenvalue weighted by atomic mass is 32.1. The van der Waals surface area contributed by atoms with E-state index in [1.807, 2.05) is 32.8 Å². The number of aromatic carboxylic acids is 1. The fourth-order valence-electron chi connectivity index (χ4n) is 1.12. The number of amides is 1. The summed E-state index contributed by atoms with van der Waals surface area (Å²) in [6, 6.07) is 2.98. The van der Waals surface area contributed by atoms with Crippen molar-refractivity contribution in [1.29, 1.82) is 0 Å². The van der Waals surface area contributed by atoms with Gasteiger partial charge in [0.2, 0.25) is 0 Å². The summed E-state index contributed by atoms with van der Waals surface area (Å²) in [6.07, 6.45) is 0. The molecule has 2 N–H and O–H groups in total. The Kier molecular flexibility index (Phi) is 4.48. The summed E-state index contributed by atoms with van der Waals surface area (Å²) in [5, 5.41) is 11.6. The van der Waals surface area contributed by atoms with Crippen LogP contribution in [0.5, 0.6) is 0 Å². The van der Waals surface area contributed by atoms with Crippen LogP contribution in [0.15, 0.2) is 12.1 Å². The first-order chi connectivity index (χ1) is 8.24. The van der Waals surface area contributed by atoms with E-state index in [4.69, 9.17) is 5.11 Å². The lowest BCUT2D eigenvalue weighted by Gasteiger charge is -2.32. The van der Waals surface area contributed by atoms with Gasteiger partial charge in [-0.15, -0.1) is 11.3 Å². The number of likely N-dealkylation sites (N-methyl/N-ethyl adjacent to an activating group) is 1. The van der Waals surface area contributed by atoms with Crippen molar-refractivity contribution in [2.75, 3.05) is 20.6 Å². The summed E-state index contributed by atoms with van der Waals surface area (Å²) in [4.78, 5) is 25.2. The number of thiophene rings is 1. The van der Waals surface area contributed by atoms with Crippen LogP contribution in [0.25, 0.3) is 0 Å². The summed E-state index contributed by atoms with van der Waals surface area (Å²) >= 11 is 0.983. The van der Waals surface area contributed by atoms with Gasteiger partial charge in [0.25, 0.3) is 5.91 Å². The summed E-state index contributed by atoms with van der Waals surface area (Å²) in [6.45, 7) is 4.54. The van der Waals surface area contributed by atoms with E-state index in [0.717, 1.165) is 11.3 Å². The standard InChI is InChI=1S/C12H18N2O3S/c1-12(2,14(3)4)7-13-10(15)8-5-6-9(18-8)11(16)17/h5-6H,7H2,1-4H3,(H,13,15)(H,16,17). The number of hydrogen-bond donors (Lipinski definition) is 2. The molecule has 0 aliphatic heterocycles. The van der Waals surface area contributed by atoms with Gasteiger partial charge >= 0.3 is 5.97 Å². The first kappa shape index (κ1) is 14.7. The summed E-state index contributed by atoms with van der Waals surface area (Å²) in [5.74, 6) is -1.24. The molecule has 1 heterocycles. The van der Waals surface area contributed by atoms with Gasteiger partial charge in [-0.2, -0.15) is 0 Å². The zero-order valence-corrected chi connectivity index (χ0v) is 11.8. The van der Waals surface area contributed by atoms with Crippen LogP contribution in [-0.4, -0.2) is 48.1 Å². The Morgan fingerprint density at radius 3 is 2.33 bits per heavy atom. The Labute approximate surface area is 110 Å². The van der Waals surface area contributed by atoms with Crippen LogP contribution in [0.3, 0.4) is 0 Å². The van der Waals surface area contributed by atoms with Gasteiger partial charge in [-0.3, -0.25) is 4.79 Å². The van der Waals surface area contributed by atoms with Gasteiger partial charge in [0, 0.05) is 12.1 Å².